The maximum atomic E-state index is 12.0. The van der Waals surface area contributed by atoms with E-state index in [0.717, 1.165) is 0 Å². The first-order chi connectivity index (χ1) is 9.00. The predicted molar refractivity (Wildman–Crippen MR) is 76.9 cm³/mol. The summed E-state index contributed by atoms with van der Waals surface area (Å²) in [5.41, 5.74) is 0.451. The summed E-state index contributed by atoms with van der Waals surface area (Å²) < 4.78 is 0.546. The van der Waals surface area contributed by atoms with Crippen LogP contribution in [0.15, 0.2) is 40.9 Å². The number of aromatic hydroxyl groups is 2. The predicted octanol–water partition coefficient (Wildman–Crippen LogP) is 3.77. The molecule has 0 aromatic heterocycles. The SMILES string of the molecule is O=C(Nc1cccc(Cl)c1Br)c1cccc(O)c1O. The Morgan fingerprint density at radius 1 is 1.16 bits per heavy atom. The van der Waals surface area contributed by atoms with E-state index in [9.17, 15) is 15.0 Å². The van der Waals surface area contributed by atoms with Crippen LogP contribution in [0.4, 0.5) is 5.69 Å². The maximum absolute atomic E-state index is 12.0. The lowest BCUT2D eigenvalue weighted by molar-refractivity contribution is 0.102. The van der Waals surface area contributed by atoms with E-state index in [-0.39, 0.29) is 11.3 Å². The second kappa shape index (κ2) is 5.50. The molecule has 0 bridgehead atoms. The molecule has 0 atom stereocenters. The average Bonchev–Trinajstić information content (AvgIpc) is 2.38. The van der Waals surface area contributed by atoms with Crippen LogP contribution in [0, 0.1) is 0 Å². The molecule has 0 unspecified atom stereocenters. The van der Waals surface area contributed by atoms with Gasteiger partial charge in [0, 0.05) is 0 Å². The first-order valence-electron chi connectivity index (χ1n) is 5.27. The largest absolute Gasteiger partial charge is 0.504 e. The number of hydrogen-bond acceptors (Lipinski definition) is 3. The Hall–Kier alpha value is -1.72. The zero-order valence-corrected chi connectivity index (χ0v) is 11.9. The Bertz CT molecular complexity index is 646. The molecule has 98 valence electrons. The molecule has 1 amide bonds. The molecule has 2 aromatic rings. The molecule has 2 rings (SSSR count). The number of amides is 1. The Balaban J connectivity index is 2.31. The summed E-state index contributed by atoms with van der Waals surface area (Å²) in [5, 5.41) is 22.0. The highest BCUT2D eigenvalue weighted by Crippen LogP contribution is 2.32. The lowest BCUT2D eigenvalue weighted by Gasteiger charge is -2.09. The van der Waals surface area contributed by atoms with Crippen molar-refractivity contribution >= 4 is 39.1 Å². The molecule has 0 aliphatic heterocycles. The van der Waals surface area contributed by atoms with Crippen LogP contribution in [-0.4, -0.2) is 16.1 Å². The first kappa shape index (κ1) is 13.7. The fraction of sp³-hybridized carbons (Fsp3) is 0. The summed E-state index contributed by atoms with van der Waals surface area (Å²) >= 11 is 9.17. The number of rotatable bonds is 2. The molecule has 0 radical (unpaired) electrons. The van der Waals surface area contributed by atoms with Crippen LogP contribution < -0.4 is 5.32 Å². The molecule has 0 fully saturated rings. The molecular weight excluding hydrogens is 334 g/mol. The number of carbonyl (C=O) groups is 1. The first-order valence-corrected chi connectivity index (χ1v) is 6.44. The maximum Gasteiger partial charge on any atom is 0.259 e. The van der Waals surface area contributed by atoms with Crippen LogP contribution in [0.5, 0.6) is 11.5 Å². The van der Waals surface area contributed by atoms with E-state index in [1.807, 2.05) is 0 Å². The van der Waals surface area contributed by atoms with Gasteiger partial charge in [-0.05, 0) is 40.2 Å². The number of hydrogen-bond donors (Lipinski definition) is 3. The van der Waals surface area contributed by atoms with Crippen molar-refractivity contribution in [3.05, 3.63) is 51.5 Å². The van der Waals surface area contributed by atoms with E-state index in [2.05, 4.69) is 21.2 Å². The van der Waals surface area contributed by atoms with E-state index in [1.165, 1.54) is 18.2 Å². The lowest BCUT2D eigenvalue weighted by atomic mass is 10.1. The van der Waals surface area contributed by atoms with Crippen LogP contribution >= 0.6 is 27.5 Å². The van der Waals surface area contributed by atoms with Gasteiger partial charge >= 0.3 is 0 Å². The molecule has 0 spiro atoms. The molecule has 0 aliphatic rings. The number of phenols is 2. The number of benzene rings is 2. The van der Waals surface area contributed by atoms with Gasteiger partial charge in [-0.3, -0.25) is 4.79 Å². The standard InChI is InChI=1S/C13H9BrClNO3/c14-11-8(15)4-2-5-9(11)16-13(19)7-3-1-6-10(17)12(7)18/h1-6,17-18H,(H,16,19). The molecule has 0 saturated carbocycles. The molecule has 0 saturated heterocycles. The Labute approximate surface area is 122 Å². The van der Waals surface area contributed by atoms with Gasteiger partial charge in [0.2, 0.25) is 0 Å². The number of halogens is 2. The molecule has 3 N–H and O–H groups in total. The third-order valence-electron chi connectivity index (χ3n) is 2.46. The highest BCUT2D eigenvalue weighted by atomic mass is 79.9. The van der Waals surface area contributed by atoms with Gasteiger partial charge in [0.1, 0.15) is 0 Å². The van der Waals surface area contributed by atoms with Crippen LogP contribution in [-0.2, 0) is 0 Å². The van der Waals surface area contributed by atoms with Crippen molar-refractivity contribution in [1.82, 2.24) is 0 Å². The monoisotopic (exact) mass is 341 g/mol. The zero-order valence-electron chi connectivity index (χ0n) is 9.52. The molecular formula is C13H9BrClNO3. The van der Waals surface area contributed by atoms with Crippen molar-refractivity contribution in [3.8, 4) is 11.5 Å². The number of phenolic OH excluding ortho intramolecular Hbond substituents is 2. The summed E-state index contributed by atoms with van der Waals surface area (Å²) in [6.07, 6.45) is 0. The van der Waals surface area contributed by atoms with Gasteiger partial charge in [-0.25, -0.2) is 0 Å². The zero-order chi connectivity index (χ0) is 14.0. The minimum Gasteiger partial charge on any atom is -0.504 e. The van der Waals surface area contributed by atoms with E-state index >= 15 is 0 Å². The van der Waals surface area contributed by atoms with Gasteiger partial charge < -0.3 is 15.5 Å². The summed E-state index contributed by atoms with van der Waals surface area (Å²) in [6, 6.07) is 9.19. The van der Waals surface area contributed by atoms with E-state index < -0.39 is 11.7 Å². The number of anilines is 1. The van der Waals surface area contributed by atoms with Crippen LogP contribution in [0.2, 0.25) is 5.02 Å². The third-order valence-corrected chi connectivity index (χ3v) is 3.86. The fourth-order valence-electron chi connectivity index (χ4n) is 1.50. The topological polar surface area (TPSA) is 69.6 Å². The number of carbonyl (C=O) groups excluding carboxylic acids is 1. The summed E-state index contributed by atoms with van der Waals surface area (Å²) in [7, 11) is 0. The Kier molecular flexibility index (Phi) is 3.97. The highest BCUT2D eigenvalue weighted by Gasteiger charge is 2.15. The van der Waals surface area contributed by atoms with Gasteiger partial charge in [0.15, 0.2) is 11.5 Å². The Morgan fingerprint density at radius 3 is 2.58 bits per heavy atom. The van der Waals surface area contributed by atoms with Crippen molar-refractivity contribution in [2.75, 3.05) is 5.32 Å². The van der Waals surface area contributed by atoms with Gasteiger partial charge in [-0.2, -0.15) is 0 Å². The van der Waals surface area contributed by atoms with E-state index in [0.29, 0.717) is 15.2 Å². The second-order valence-corrected chi connectivity index (χ2v) is 4.93. The molecule has 0 aliphatic carbocycles. The van der Waals surface area contributed by atoms with Crippen molar-refractivity contribution in [1.29, 1.82) is 0 Å². The highest BCUT2D eigenvalue weighted by molar-refractivity contribution is 9.10. The molecule has 4 nitrogen and oxygen atoms in total. The van der Waals surface area contributed by atoms with Crippen molar-refractivity contribution < 1.29 is 15.0 Å². The van der Waals surface area contributed by atoms with Gasteiger partial charge in [-0.1, -0.05) is 23.7 Å². The summed E-state index contributed by atoms with van der Waals surface area (Å²) in [6.45, 7) is 0. The van der Waals surface area contributed by atoms with Gasteiger partial charge in [0.05, 0.1) is 20.7 Å². The van der Waals surface area contributed by atoms with Gasteiger partial charge in [-0.15, -0.1) is 0 Å². The van der Waals surface area contributed by atoms with Crippen molar-refractivity contribution in [2.24, 2.45) is 0 Å². The minimum absolute atomic E-state index is 0.0214. The quantitative estimate of drug-likeness (QED) is 0.728. The smallest absolute Gasteiger partial charge is 0.259 e. The molecule has 2 aromatic carbocycles. The van der Waals surface area contributed by atoms with Crippen LogP contribution in [0.1, 0.15) is 10.4 Å². The number of nitrogens with one attached hydrogen (secondary N) is 1. The van der Waals surface area contributed by atoms with Gasteiger partial charge in [0.25, 0.3) is 5.91 Å². The average molecular weight is 343 g/mol. The minimum atomic E-state index is -0.545. The van der Waals surface area contributed by atoms with Crippen molar-refractivity contribution in [3.63, 3.8) is 0 Å². The van der Waals surface area contributed by atoms with E-state index in [4.69, 9.17) is 11.6 Å². The second-order valence-electron chi connectivity index (χ2n) is 3.73. The fourth-order valence-corrected chi connectivity index (χ4v) is 2.04. The van der Waals surface area contributed by atoms with Crippen molar-refractivity contribution in [2.45, 2.75) is 0 Å². The third kappa shape index (κ3) is 2.83. The summed E-state index contributed by atoms with van der Waals surface area (Å²) in [5.74, 6) is -1.35. The Morgan fingerprint density at radius 2 is 1.84 bits per heavy atom. The number of para-hydroxylation sites is 1. The van der Waals surface area contributed by atoms with Crippen LogP contribution in [0.3, 0.4) is 0 Å². The molecule has 19 heavy (non-hydrogen) atoms. The normalized spacial score (nSPS) is 10.2. The lowest BCUT2D eigenvalue weighted by Crippen LogP contribution is -2.12. The molecule has 6 heteroatoms. The van der Waals surface area contributed by atoms with Crippen LogP contribution in [0.25, 0.3) is 0 Å². The van der Waals surface area contributed by atoms with E-state index in [1.54, 1.807) is 18.2 Å². The molecule has 0 heterocycles. The summed E-state index contributed by atoms with van der Waals surface area (Å²) in [4.78, 5) is 12.0.